The van der Waals surface area contributed by atoms with Gasteiger partial charge in [-0.05, 0) is 31.2 Å². The molecule has 0 saturated heterocycles. The van der Waals surface area contributed by atoms with Crippen molar-refractivity contribution in [2.75, 3.05) is 31.0 Å². The van der Waals surface area contributed by atoms with Gasteiger partial charge in [-0.15, -0.1) is 0 Å². The first-order chi connectivity index (χ1) is 9.62. The Balaban J connectivity index is 2.18. The van der Waals surface area contributed by atoms with Gasteiger partial charge in [-0.2, -0.15) is 11.8 Å². The van der Waals surface area contributed by atoms with Crippen LogP contribution in [0.3, 0.4) is 0 Å². The van der Waals surface area contributed by atoms with Gasteiger partial charge in [-0.3, -0.25) is 0 Å². The van der Waals surface area contributed by atoms with Gasteiger partial charge in [0.15, 0.2) is 0 Å². The van der Waals surface area contributed by atoms with Gasteiger partial charge in [0.2, 0.25) is 0 Å². The summed E-state index contributed by atoms with van der Waals surface area (Å²) in [6.45, 7) is 0.826. The number of nitrogens with two attached hydrogens (primary N) is 1. The lowest BCUT2D eigenvalue weighted by Gasteiger charge is -2.28. The fraction of sp³-hybridized carbons (Fsp3) is 0.533. The zero-order valence-corrected chi connectivity index (χ0v) is 12.9. The predicted octanol–water partition coefficient (Wildman–Crippen LogP) is 3.14. The molecule has 110 valence electrons. The molecule has 0 bridgehead atoms. The summed E-state index contributed by atoms with van der Waals surface area (Å²) in [6, 6.07) is 5.31. The second kappa shape index (κ2) is 6.39. The molecule has 1 aliphatic rings. The molecule has 2 rings (SSSR count). The molecule has 1 aromatic rings. The average Bonchev–Trinajstić information content (AvgIpc) is 2.94. The third kappa shape index (κ3) is 3.03. The van der Waals surface area contributed by atoms with Gasteiger partial charge in [0, 0.05) is 11.3 Å². The van der Waals surface area contributed by atoms with Gasteiger partial charge in [0.05, 0.1) is 24.0 Å². The molecule has 0 spiro atoms. The van der Waals surface area contributed by atoms with Gasteiger partial charge in [0.25, 0.3) is 0 Å². The molecule has 1 saturated carbocycles. The Kier molecular flexibility index (Phi) is 4.81. The minimum atomic E-state index is -0.357. The van der Waals surface area contributed by atoms with Gasteiger partial charge >= 0.3 is 5.97 Å². The second-order valence-corrected chi connectivity index (χ2v) is 6.48. The van der Waals surface area contributed by atoms with E-state index in [4.69, 9.17) is 10.5 Å². The van der Waals surface area contributed by atoms with Crippen LogP contribution in [0.4, 0.5) is 11.4 Å². The highest BCUT2D eigenvalue weighted by Crippen LogP contribution is 2.40. The maximum atomic E-state index is 11.8. The summed E-state index contributed by atoms with van der Waals surface area (Å²) in [5, 5.41) is 3.38. The number of carbonyl (C=O) groups is 1. The molecule has 0 atom stereocenters. The highest BCUT2D eigenvalue weighted by molar-refractivity contribution is 8.00. The van der Waals surface area contributed by atoms with E-state index in [1.165, 1.54) is 32.8 Å². The number of ether oxygens (including phenoxy) is 1. The van der Waals surface area contributed by atoms with Crippen molar-refractivity contribution < 1.29 is 9.53 Å². The largest absolute Gasteiger partial charge is 0.465 e. The first kappa shape index (κ1) is 15.0. The lowest BCUT2D eigenvalue weighted by atomic mass is 10.1. The van der Waals surface area contributed by atoms with E-state index in [9.17, 15) is 4.79 Å². The Morgan fingerprint density at radius 3 is 2.75 bits per heavy atom. The number of thioether (sulfide) groups is 1. The Morgan fingerprint density at radius 1 is 1.45 bits per heavy atom. The maximum absolute atomic E-state index is 11.8. The van der Waals surface area contributed by atoms with Crippen LogP contribution < -0.4 is 11.1 Å². The lowest BCUT2D eigenvalue weighted by Crippen LogP contribution is -2.30. The SMILES string of the molecule is COC(=O)c1cccc(N)c1NCC1(SC)CCCC1. The Hall–Kier alpha value is -1.36. The molecule has 1 aromatic carbocycles. The molecule has 0 heterocycles. The zero-order valence-electron chi connectivity index (χ0n) is 12.1. The van der Waals surface area contributed by atoms with Crippen molar-refractivity contribution in [1.82, 2.24) is 0 Å². The highest BCUT2D eigenvalue weighted by atomic mass is 32.2. The second-order valence-electron chi connectivity index (χ2n) is 5.21. The molecule has 0 aliphatic heterocycles. The molecule has 0 unspecified atom stereocenters. The molecule has 5 heteroatoms. The summed E-state index contributed by atoms with van der Waals surface area (Å²) in [7, 11) is 1.38. The van der Waals surface area contributed by atoms with Gasteiger partial charge < -0.3 is 15.8 Å². The first-order valence-electron chi connectivity index (χ1n) is 6.88. The third-order valence-corrected chi connectivity index (χ3v) is 5.46. The van der Waals surface area contributed by atoms with Crippen LogP contribution in [0.1, 0.15) is 36.0 Å². The molecule has 0 aromatic heterocycles. The molecule has 4 nitrogen and oxygen atoms in total. The molecule has 20 heavy (non-hydrogen) atoms. The highest BCUT2D eigenvalue weighted by Gasteiger charge is 2.33. The summed E-state index contributed by atoms with van der Waals surface area (Å²) < 4.78 is 5.08. The van der Waals surface area contributed by atoms with Crippen molar-refractivity contribution >= 4 is 29.1 Å². The van der Waals surface area contributed by atoms with Crippen molar-refractivity contribution in [3.63, 3.8) is 0 Å². The van der Waals surface area contributed by atoms with E-state index >= 15 is 0 Å². The molecule has 1 aliphatic carbocycles. The fourth-order valence-corrected chi connectivity index (χ4v) is 3.68. The van der Waals surface area contributed by atoms with Crippen molar-refractivity contribution in [2.45, 2.75) is 30.4 Å². The van der Waals surface area contributed by atoms with Crippen molar-refractivity contribution in [2.24, 2.45) is 0 Å². The lowest BCUT2D eigenvalue weighted by molar-refractivity contribution is 0.0602. The Labute approximate surface area is 124 Å². The number of carbonyl (C=O) groups excluding carboxylic acids is 1. The van der Waals surface area contributed by atoms with Crippen molar-refractivity contribution in [3.05, 3.63) is 23.8 Å². The normalized spacial score (nSPS) is 16.9. The molecular formula is C15H22N2O2S. The Bertz CT molecular complexity index is 485. The standard InChI is InChI=1S/C15H22N2O2S/c1-19-14(18)11-6-5-7-12(16)13(11)17-10-15(20-2)8-3-4-9-15/h5-7,17H,3-4,8-10,16H2,1-2H3. The van der Waals surface area contributed by atoms with E-state index in [-0.39, 0.29) is 10.7 Å². The van der Waals surface area contributed by atoms with Crippen LogP contribution in [0.25, 0.3) is 0 Å². The molecular weight excluding hydrogens is 272 g/mol. The summed E-state index contributed by atoms with van der Waals surface area (Å²) in [5.41, 5.74) is 7.79. The number of esters is 1. The van der Waals surface area contributed by atoms with E-state index in [1.807, 2.05) is 11.8 Å². The van der Waals surface area contributed by atoms with Gasteiger partial charge in [-0.1, -0.05) is 18.9 Å². The van der Waals surface area contributed by atoms with E-state index in [2.05, 4.69) is 11.6 Å². The van der Waals surface area contributed by atoms with Crippen LogP contribution in [0.2, 0.25) is 0 Å². The number of para-hydroxylation sites is 1. The monoisotopic (exact) mass is 294 g/mol. The van der Waals surface area contributed by atoms with Crippen LogP contribution in [0.5, 0.6) is 0 Å². The van der Waals surface area contributed by atoms with E-state index in [1.54, 1.807) is 18.2 Å². The van der Waals surface area contributed by atoms with E-state index < -0.39 is 0 Å². The minimum absolute atomic E-state index is 0.260. The smallest absolute Gasteiger partial charge is 0.340 e. The van der Waals surface area contributed by atoms with Crippen LogP contribution in [0, 0.1) is 0 Å². The summed E-state index contributed by atoms with van der Waals surface area (Å²) >= 11 is 1.91. The Morgan fingerprint density at radius 2 is 2.15 bits per heavy atom. The maximum Gasteiger partial charge on any atom is 0.340 e. The van der Waals surface area contributed by atoms with Crippen LogP contribution in [-0.4, -0.2) is 30.6 Å². The number of nitrogen functional groups attached to an aromatic ring is 1. The summed E-state index contributed by atoms with van der Waals surface area (Å²) in [5.74, 6) is -0.357. The number of benzene rings is 1. The quantitative estimate of drug-likeness (QED) is 0.645. The fourth-order valence-electron chi connectivity index (χ4n) is 2.77. The summed E-state index contributed by atoms with van der Waals surface area (Å²) in [4.78, 5) is 11.8. The van der Waals surface area contributed by atoms with Crippen LogP contribution in [-0.2, 0) is 4.74 Å². The third-order valence-electron chi connectivity index (χ3n) is 4.04. The summed E-state index contributed by atoms with van der Waals surface area (Å²) in [6.07, 6.45) is 7.12. The predicted molar refractivity (Wildman–Crippen MR) is 85.4 cm³/mol. The van der Waals surface area contributed by atoms with E-state index in [0.717, 1.165) is 6.54 Å². The molecule has 0 amide bonds. The number of rotatable bonds is 5. The average molecular weight is 294 g/mol. The number of hydrogen-bond acceptors (Lipinski definition) is 5. The first-order valence-corrected chi connectivity index (χ1v) is 8.10. The zero-order chi connectivity index (χ0) is 14.6. The van der Waals surface area contributed by atoms with Gasteiger partial charge in [0.1, 0.15) is 0 Å². The van der Waals surface area contributed by atoms with Crippen LogP contribution in [0.15, 0.2) is 18.2 Å². The number of nitrogens with one attached hydrogen (secondary N) is 1. The van der Waals surface area contributed by atoms with Crippen molar-refractivity contribution in [1.29, 1.82) is 0 Å². The number of methoxy groups -OCH3 is 1. The topological polar surface area (TPSA) is 64.3 Å². The minimum Gasteiger partial charge on any atom is -0.465 e. The number of hydrogen-bond donors (Lipinski definition) is 2. The number of anilines is 2. The van der Waals surface area contributed by atoms with E-state index in [0.29, 0.717) is 16.9 Å². The van der Waals surface area contributed by atoms with Gasteiger partial charge in [-0.25, -0.2) is 4.79 Å². The molecule has 0 radical (unpaired) electrons. The molecule has 1 fully saturated rings. The molecule has 3 N–H and O–H groups in total. The van der Waals surface area contributed by atoms with Crippen LogP contribution >= 0.6 is 11.8 Å². The van der Waals surface area contributed by atoms with Crippen molar-refractivity contribution in [3.8, 4) is 0 Å².